The summed E-state index contributed by atoms with van der Waals surface area (Å²) in [4.78, 5) is 9.82. The van der Waals surface area contributed by atoms with Crippen LogP contribution in [-0.4, -0.2) is 26.8 Å². The fourth-order valence-electron chi connectivity index (χ4n) is 0.203. The second-order valence-electron chi connectivity index (χ2n) is 1.33. The Morgan fingerprint density at radius 2 is 1.78 bits per heavy atom. The molecule has 0 aliphatic heterocycles. The highest BCUT2D eigenvalue weighted by Crippen LogP contribution is 1.69. The van der Waals surface area contributed by atoms with Crippen molar-refractivity contribution >= 4 is 5.97 Å². The van der Waals surface area contributed by atoms with Crippen molar-refractivity contribution in [3.05, 3.63) is 0 Å². The van der Waals surface area contributed by atoms with Gasteiger partial charge in [-0.2, -0.15) is 0 Å². The van der Waals surface area contributed by atoms with E-state index in [4.69, 9.17) is 0 Å². The van der Waals surface area contributed by atoms with E-state index in [0.717, 1.165) is 0 Å². The molecule has 0 rings (SSSR count). The third-order valence-electron chi connectivity index (χ3n) is 0.348. The molecule has 0 aliphatic carbocycles. The summed E-state index contributed by atoms with van der Waals surface area (Å²) in [5.74, 6) is -0.211. The van der Waals surface area contributed by atoms with Crippen LogP contribution >= 0.6 is 0 Å². The van der Waals surface area contributed by atoms with E-state index < -0.39 is 0 Å². The van der Waals surface area contributed by atoms with Gasteiger partial charge in [-0.25, -0.2) is 0 Å². The summed E-state index contributed by atoms with van der Waals surface area (Å²) < 4.78 is 8.65. The molecule has 0 aromatic rings. The summed E-state index contributed by atoms with van der Waals surface area (Å²) in [7, 11) is 3.25. The van der Waals surface area contributed by atoms with E-state index >= 15 is 0 Å². The average Bonchev–Trinajstić information content (AvgIpc) is 1.67. The van der Waals surface area contributed by atoms with Crippen LogP contribution in [0.5, 0.6) is 0 Å². The van der Waals surface area contributed by atoms with Crippen LogP contribution < -0.4 is 0 Å². The number of carbonyl (C=O) groups is 1. The largest absolute Gasteiger partial charge is 0.466 e. The summed E-state index contributed by atoms with van der Waals surface area (Å²) >= 11 is 0. The number of methoxy groups -OCH3 is 1. The van der Waals surface area contributed by atoms with E-state index in [1.54, 1.807) is 21.1 Å². The van der Waals surface area contributed by atoms with Crippen LogP contribution in [-0.2, 0) is 14.3 Å². The van der Waals surface area contributed by atoms with Crippen molar-refractivity contribution in [3.8, 4) is 0 Å². The van der Waals surface area contributed by atoms with Crippen LogP contribution in [0.4, 0.5) is 0 Å². The molecule has 0 atom stereocenters. The third-order valence-corrected chi connectivity index (χ3v) is 0.348. The molecular weight excluding hydrogens is 120 g/mol. The average molecular weight is 134 g/mol. The molecule has 0 saturated heterocycles. The predicted octanol–water partition coefficient (Wildman–Crippen LogP) is 0.832. The molecule has 0 aromatic carbocycles. The molecule has 56 valence electrons. The van der Waals surface area contributed by atoms with Crippen LogP contribution in [0, 0.1) is 0 Å². The first kappa shape index (κ1) is 11.3. The van der Waals surface area contributed by atoms with E-state index in [9.17, 15) is 4.79 Å². The van der Waals surface area contributed by atoms with E-state index in [1.165, 1.54) is 6.92 Å². The topological polar surface area (TPSA) is 35.5 Å². The number of ether oxygens (including phenoxy) is 2. The van der Waals surface area contributed by atoms with Gasteiger partial charge in [0.1, 0.15) is 0 Å². The normalized spacial score (nSPS) is 7.11. The highest BCUT2D eigenvalue weighted by atomic mass is 16.5. The Labute approximate surface area is 56.0 Å². The summed E-state index contributed by atoms with van der Waals surface area (Å²) in [5.41, 5.74) is 0. The molecule has 0 N–H and O–H groups in total. The Balaban J connectivity index is 0. The molecule has 0 aromatic heterocycles. The lowest BCUT2D eigenvalue weighted by atomic mass is 10.8. The predicted molar refractivity (Wildman–Crippen MR) is 35.2 cm³/mol. The molecule has 0 heterocycles. The molecule has 0 unspecified atom stereocenters. The van der Waals surface area contributed by atoms with Gasteiger partial charge in [0, 0.05) is 21.1 Å². The molecule has 0 saturated carbocycles. The van der Waals surface area contributed by atoms with E-state index in [-0.39, 0.29) is 5.97 Å². The maximum absolute atomic E-state index is 9.82. The Kier molecular flexibility index (Phi) is 13.0. The fraction of sp³-hybridized carbons (Fsp3) is 0.833. The van der Waals surface area contributed by atoms with Gasteiger partial charge in [-0.05, 0) is 6.92 Å². The second-order valence-corrected chi connectivity index (χ2v) is 1.33. The van der Waals surface area contributed by atoms with Crippen molar-refractivity contribution in [1.82, 2.24) is 0 Å². The standard InChI is InChI=1S/C4H8O2.C2H6O/c1-3-6-4(2)5;1-3-2/h3H2,1-2H3;1-2H3. The van der Waals surface area contributed by atoms with E-state index in [0.29, 0.717) is 6.61 Å². The third kappa shape index (κ3) is 37.1. The Morgan fingerprint density at radius 3 is 1.78 bits per heavy atom. The van der Waals surface area contributed by atoms with E-state index in [2.05, 4.69) is 9.47 Å². The van der Waals surface area contributed by atoms with Crippen LogP contribution in [0.3, 0.4) is 0 Å². The van der Waals surface area contributed by atoms with Crippen LogP contribution in [0.1, 0.15) is 13.8 Å². The van der Waals surface area contributed by atoms with Crippen molar-refractivity contribution in [2.24, 2.45) is 0 Å². The van der Waals surface area contributed by atoms with Gasteiger partial charge in [0.15, 0.2) is 0 Å². The summed E-state index contributed by atoms with van der Waals surface area (Å²) in [6, 6.07) is 0. The zero-order valence-corrected chi connectivity index (χ0v) is 6.43. The first-order valence-corrected chi connectivity index (χ1v) is 2.72. The van der Waals surface area contributed by atoms with Crippen molar-refractivity contribution in [2.45, 2.75) is 13.8 Å². The number of hydrogen-bond acceptors (Lipinski definition) is 3. The number of hydrogen-bond donors (Lipinski definition) is 0. The highest BCUT2D eigenvalue weighted by molar-refractivity contribution is 5.65. The minimum absolute atomic E-state index is 0.211. The highest BCUT2D eigenvalue weighted by Gasteiger charge is 1.81. The Hall–Kier alpha value is -0.570. The number of rotatable bonds is 1. The number of esters is 1. The van der Waals surface area contributed by atoms with E-state index in [1.807, 2.05) is 0 Å². The molecule has 0 spiro atoms. The monoisotopic (exact) mass is 134 g/mol. The van der Waals surface area contributed by atoms with Gasteiger partial charge in [-0.3, -0.25) is 4.79 Å². The molecule has 0 fully saturated rings. The van der Waals surface area contributed by atoms with Crippen molar-refractivity contribution in [3.63, 3.8) is 0 Å². The maximum atomic E-state index is 9.82. The zero-order chi connectivity index (χ0) is 7.70. The molecule has 0 amide bonds. The van der Waals surface area contributed by atoms with Gasteiger partial charge >= 0.3 is 5.97 Å². The maximum Gasteiger partial charge on any atom is 0.302 e. The van der Waals surface area contributed by atoms with Gasteiger partial charge in [0.25, 0.3) is 0 Å². The lowest BCUT2D eigenvalue weighted by molar-refractivity contribution is -0.140. The quantitative estimate of drug-likeness (QED) is 0.498. The van der Waals surface area contributed by atoms with Gasteiger partial charge in [0.05, 0.1) is 6.61 Å². The summed E-state index contributed by atoms with van der Waals surface area (Å²) in [5, 5.41) is 0. The van der Waals surface area contributed by atoms with Crippen LogP contribution in [0.15, 0.2) is 0 Å². The van der Waals surface area contributed by atoms with Crippen LogP contribution in [0.2, 0.25) is 0 Å². The minimum atomic E-state index is -0.211. The molecule has 9 heavy (non-hydrogen) atoms. The Bertz CT molecular complexity index is 61.3. The second kappa shape index (κ2) is 10.4. The van der Waals surface area contributed by atoms with Gasteiger partial charge in [-0.15, -0.1) is 0 Å². The smallest absolute Gasteiger partial charge is 0.302 e. The van der Waals surface area contributed by atoms with Crippen LogP contribution in [0.25, 0.3) is 0 Å². The molecule has 0 radical (unpaired) electrons. The lowest BCUT2D eigenvalue weighted by Crippen LogP contribution is -1.95. The molecule has 3 nitrogen and oxygen atoms in total. The van der Waals surface area contributed by atoms with Gasteiger partial charge in [-0.1, -0.05) is 0 Å². The molecule has 0 bridgehead atoms. The molecular formula is C6H14O3. The van der Waals surface area contributed by atoms with Crippen molar-refractivity contribution in [1.29, 1.82) is 0 Å². The fourth-order valence-corrected chi connectivity index (χ4v) is 0.203. The first-order valence-electron chi connectivity index (χ1n) is 2.72. The first-order chi connectivity index (χ1) is 4.18. The zero-order valence-electron chi connectivity index (χ0n) is 6.43. The molecule has 0 aliphatic rings. The minimum Gasteiger partial charge on any atom is -0.466 e. The van der Waals surface area contributed by atoms with Gasteiger partial charge < -0.3 is 9.47 Å². The SMILES string of the molecule is CCOC(C)=O.COC. The number of carbonyl (C=O) groups excluding carboxylic acids is 1. The lowest BCUT2D eigenvalue weighted by Gasteiger charge is -1.89. The van der Waals surface area contributed by atoms with Crippen molar-refractivity contribution < 1.29 is 14.3 Å². The van der Waals surface area contributed by atoms with Gasteiger partial charge in [0.2, 0.25) is 0 Å². The summed E-state index contributed by atoms with van der Waals surface area (Å²) in [6.45, 7) is 3.65. The molecule has 3 heteroatoms. The Morgan fingerprint density at radius 1 is 1.44 bits per heavy atom. The summed E-state index contributed by atoms with van der Waals surface area (Å²) in [6.07, 6.45) is 0. The van der Waals surface area contributed by atoms with Crippen molar-refractivity contribution in [2.75, 3.05) is 20.8 Å².